The van der Waals surface area contributed by atoms with Gasteiger partial charge in [0.25, 0.3) is 0 Å². The average Bonchev–Trinajstić information content (AvgIpc) is 3.08. The maximum atomic E-state index is 12.7. The van der Waals surface area contributed by atoms with E-state index in [0.29, 0.717) is 10.8 Å². The van der Waals surface area contributed by atoms with E-state index < -0.39 is 0 Å². The molecule has 0 aliphatic rings. The Balaban J connectivity index is 1.90. The molecule has 4 heteroatoms. The molecule has 6 aromatic rings. The van der Waals surface area contributed by atoms with Crippen LogP contribution in [-0.2, 0) is 0 Å². The normalized spacial score (nSPS) is 11.4. The largest absolute Gasteiger partial charge is 0.288 e. The third-order valence-corrected chi connectivity index (χ3v) is 5.94. The molecule has 0 amide bonds. The summed E-state index contributed by atoms with van der Waals surface area (Å²) in [6.07, 6.45) is 2.77. The summed E-state index contributed by atoms with van der Waals surface area (Å²) in [5.74, 6) is 0. The highest BCUT2D eigenvalue weighted by molar-refractivity contribution is 6.18. The quantitative estimate of drug-likeness (QED) is 0.359. The minimum Gasteiger partial charge on any atom is -0.288 e. The van der Waals surface area contributed by atoms with Crippen LogP contribution in [0, 0.1) is 0 Å². The molecule has 4 nitrogen and oxygen atoms in total. The Hall–Kier alpha value is -4.44. The second-order valence-corrected chi connectivity index (χ2v) is 7.74. The highest BCUT2D eigenvalue weighted by atomic mass is 16.1. The molecule has 0 spiro atoms. The van der Waals surface area contributed by atoms with E-state index in [2.05, 4.69) is 9.97 Å². The van der Waals surface area contributed by atoms with E-state index in [1.54, 1.807) is 0 Å². The first-order chi connectivity index (χ1) is 15.7. The fourth-order valence-electron chi connectivity index (χ4n) is 4.54. The van der Waals surface area contributed by atoms with Crippen LogP contribution in [0.2, 0.25) is 0 Å². The second kappa shape index (κ2) is 7.06. The third-order valence-electron chi connectivity index (χ3n) is 5.94. The van der Waals surface area contributed by atoms with E-state index in [0.717, 1.165) is 43.7 Å². The van der Waals surface area contributed by atoms with Crippen LogP contribution in [0.4, 0.5) is 0 Å². The molecule has 0 atom stereocenters. The van der Waals surface area contributed by atoms with Crippen LogP contribution in [0.15, 0.2) is 107 Å². The SMILES string of the molecule is O=c1cnc2cccc(-c3cccc4ncc(=O)c5ccccc5c34)c2c2ccccc12. The first kappa shape index (κ1) is 18.3. The first-order valence-corrected chi connectivity index (χ1v) is 10.3. The van der Waals surface area contributed by atoms with Crippen LogP contribution in [-0.4, -0.2) is 9.97 Å². The molecular weight excluding hydrogens is 396 g/mol. The maximum absolute atomic E-state index is 12.7. The molecule has 4 aromatic carbocycles. The summed E-state index contributed by atoms with van der Waals surface area (Å²) in [5, 5.41) is 4.74. The Kier molecular flexibility index (Phi) is 4.05. The molecule has 0 bridgehead atoms. The van der Waals surface area contributed by atoms with E-state index in [9.17, 15) is 9.59 Å². The maximum Gasteiger partial charge on any atom is 0.204 e. The standard InChI is InChI=1S/C28H16N2O2/c31-25-15-29-23-13-5-11-21(27(23)19-9-3-1-7-17(19)25)22-12-6-14-24-28(22)20-10-4-2-8-18(20)26(32)16-30-24/h1-16H. The Morgan fingerprint density at radius 3 is 1.28 bits per heavy atom. The smallest absolute Gasteiger partial charge is 0.204 e. The van der Waals surface area contributed by atoms with Crippen molar-refractivity contribution < 1.29 is 0 Å². The monoisotopic (exact) mass is 412 g/mol. The number of benzene rings is 4. The van der Waals surface area contributed by atoms with Crippen molar-refractivity contribution in [3.63, 3.8) is 0 Å². The fourth-order valence-corrected chi connectivity index (χ4v) is 4.54. The summed E-state index contributed by atoms with van der Waals surface area (Å²) in [6, 6.07) is 27.0. The number of rotatable bonds is 1. The summed E-state index contributed by atoms with van der Waals surface area (Å²) in [5.41, 5.74) is 3.13. The summed E-state index contributed by atoms with van der Waals surface area (Å²) >= 11 is 0. The van der Waals surface area contributed by atoms with Gasteiger partial charge >= 0.3 is 0 Å². The van der Waals surface area contributed by atoms with Crippen molar-refractivity contribution in [2.75, 3.05) is 0 Å². The van der Waals surface area contributed by atoms with Gasteiger partial charge in [0.2, 0.25) is 10.9 Å². The van der Waals surface area contributed by atoms with Crippen molar-refractivity contribution in [1.29, 1.82) is 0 Å². The van der Waals surface area contributed by atoms with Gasteiger partial charge in [-0.15, -0.1) is 0 Å². The zero-order valence-corrected chi connectivity index (χ0v) is 16.9. The van der Waals surface area contributed by atoms with Crippen LogP contribution in [0.1, 0.15) is 0 Å². The van der Waals surface area contributed by atoms with Gasteiger partial charge in [0.15, 0.2) is 0 Å². The molecule has 0 radical (unpaired) electrons. The zero-order valence-electron chi connectivity index (χ0n) is 16.9. The number of hydrogen-bond donors (Lipinski definition) is 0. The second-order valence-electron chi connectivity index (χ2n) is 7.74. The van der Waals surface area contributed by atoms with Crippen molar-refractivity contribution in [3.8, 4) is 11.1 Å². The minimum absolute atomic E-state index is 0.116. The van der Waals surface area contributed by atoms with Crippen molar-refractivity contribution in [1.82, 2.24) is 9.97 Å². The minimum atomic E-state index is -0.116. The molecule has 6 rings (SSSR count). The molecule has 32 heavy (non-hydrogen) atoms. The van der Waals surface area contributed by atoms with Gasteiger partial charge < -0.3 is 0 Å². The predicted octanol–water partition coefficient (Wildman–Crippen LogP) is 5.48. The van der Waals surface area contributed by atoms with Gasteiger partial charge in [-0.2, -0.15) is 0 Å². The average molecular weight is 412 g/mol. The van der Waals surface area contributed by atoms with Crippen molar-refractivity contribution in [2.45, 2.75) is 0 Å². The number of aromatic nitrogens is 2. The molecule has 0 unspecified atom stereocenters. The summed E-state index contributed by atoms with van der Waals surface area (Å²) in [6.45, 7) is 0. The van der Waals surface area contributed by atoms with Gasteiger partial charge in [-0.1, -0.05) is 72.8 Å². The van der Waals surface area contributed by atoms with Crippen LogP contribution in [0.5, 0.6) is 0 Å². The summed E-state index contributed by atoms with van der Waals surface area (Å²) < 4.78 is 0. The Morgan fingerprint density at radius 2 is 0.844 bits per heavy atom. The molecule has 2 aromatic heterocycles. The molecular formula is C28H16N2O2. The van der Waals surface area contributed by atoms with Gasteiger partial charge in [0.05, 0.1) is 23.4 Å². The summed E-state index contributed by atoms with van der Waals surface area (Å²) in [4.78, 5) is 34.4. The van der Waals surface area contributed by atoms with Crippen LogP contribution < -0.4 is 10.9 Å². The van der Waals surface area contributed by atoms with Crippen molar-refractivity contribution >= 4 is 43.4 Å². The molecule has 0 saturated heterocycles. The molecule has 0 aliphatic carbocycles. The first-order valence-electron chi connectivity index (χ1n) is 10.3. The Morgan fingerprint density at radius 1 is 0.438 bits per heavy atom. The number of hydrogen-bond acceptors (Lipinski definition) is 4. The fraction of sp³-hybridized carbons (Fsp3) is 0. The van der Waals surface area contributed by atoms with E-state index in [1.807, 2.05) is 84.9 Å². The number of nitrogens with zero attached hydrogens (tertiary/aromatic N) is 2. The Bertz CT molecular complexity index is 1690. The van der Waals surface area contributed by atoms with E-state index in [4.69, 9.17) is 0 Å². The van der Waals surface area contributed by atoms with E-state index in [-0.39, 0.29) is 10.9 Å². The van der Waals surface area contributed by atoms with Crippen molar-refractivity contribution in [2.24, 2.45) is 0 Å². The Labute approximate surface area is 182 Å². The molecule has 2 heterocycles. The van der Waals surface area contributed by atoms with E-state index in [1.165, 1.54) is 12.4 Å². The topological polar surface area (TPSA) is 59.9 Å². The molecule has 150 valence electrons. The van der Waals surface area contributed by atoms with Crippen molar-refractivity contribution in [3.05, 3.63) is 118 Å². The highest BCUT2D eigenvalue weighted by Gasteiger charge is 2.14. The van der Waals surface area contributed by atoms with Gasteiger partial charge in [0, 0.05) is 21.5 Å². The number of fused-ring (bicyclic) bond motifs is 6. The zero-order chi connectivity index (χ0) is 21.7. The lowest BCUT2D eigenvalue weighted by atomic mass is 9.93. The predicted molar refractivity (Wildman–Crippen MR) is 130 cm³/mol. The van der Waals surface area contributed by atoms with Crippen LogP contribution in [0.3, 0.4) is 0 Å². The molecule has 0 aliphatic heterocycles. The molecule has 0 fully saturated rings. The van der Waals surface area contributed by atoms with Crippen LogP contribution >= 0.6 is 0 Å². The highest BCUT2D eigenvalue weighted by Crippen LogP contribution is 2.37. The lowest BCUT2D eigenvalue weighted by Crippen LogP contribution is -1.95. The van der Waals surface area contributed by atoms with E-state index >= 15 is 0 Å². The molecule has 0 saturated carbocycles. The summed E-state index contributed by atoms with van der Waals surface area (Å²) in [7, 11) is 0. The lowest BCUT2D eigenvalue weighted by molar-refractivity contribution is 1.41. The van der Waals surface area contributed by atoms with Crippen LogP contribution in [0.25, 0.3) is 54.5 Å². The molecule has 0 N–H and O–H groups in total. The van der Waals surface area contributed by atoms with Gasteiger partial charge in [-0.05, 0) is 34.0 Å². The van der Waals surface area contributed by atoms with Gasteiger partial charge in [-0.3, -0.25) is 19.6 Å². The van der Waals surface area contributed by atoms with Gasteiger partial charge in [0.1, 0.15) is 0 Å². The van der Waals surface area contributed by atoms with Gasteiger partial charge in [-0.25, -0.2) is 0 Å². The lowest BCUT2D eigenvalue weighted by Gasteiger charge is -2.10. The third kappa shape index (κ3) is 2.70.